The van der Waals surface area contributed by atoms with Gasteiger partial charge in [0.15, 0.2) is 0 Å². The van der Waals surface area contributed by atoms with E-state index in [1.165, 1.54) is 11.3 Å². The van der Waals surface area contributed by atoms with Crippen molar-refractivity contribution < 1.29 is 13.2 Å². The van der Waals surface area contributed by atoms with Crippen LogP contribution < -0.4 is 11.1 Å². The summed E-state index contributed by atoms with van der Waals surface area (Å²) >= 11 is 1.19. The first-order valence-corrected chi connectivity index (χ1v) is 10.3. The van der Waals surface area contributed by atoms with E-state index in [4.69, 9.17) is 5.73 Å². The average molecular weight is 396 g/mol. The second-order valence-electron chi connectivity index (χ2n) is 5.98. The number of rotatable bonds is 7. The Hall–Kier alpha value is -0.670. The number of halogens is 1. The van der Waals surface area contributed by atoms with Crippen molar-refractivity contribution in [3.05, 3.63) is 17.0 Å². The molecule has 2 rings (SSSR count). The van der Waals surface area contributed by atoms with Crippen molar-refractivity contribution in [2.45, 2.75) is 49.3 Å². The normalized spacial score (nSPS) is 17.1. The molecule has 2 heterocycles. The lowest BCUT2D eigenvalue weighted by molar-refractivity contribution is -0.120. The van der Waals surface area contributed by atoms with Crippen LogP contribution in [0.25, 0.3) is 0 Å². The number of hydrogen-bond acceptors (Lipinski definition) is 5. The Morgan fingerprint density at radius 2 is 2.00 bits per heavy atom. The summed E-state index contributed by atoms with van der Waals surface area (Å²) in [5.41, 5.74) is 5.63. The molecule has 9 heteroatoms. The lowest BCUT2D eigenvalue weighted by atomic mass is 10.2. The number of nitrogens with two attached hydrogens (primary N) is 1. The molecule has 3 N–H and O–H groups in total. The SMILES string of the molecule is CC(N)CCNC(=O)Cc1ccc(S(=O)(=O)N2CCCCC2)s1.Cl. The highest BCUT2D eigenvalue weighted by molar-refractivity contribution is 7.91. The van der Waals surface area contributed by atoms with E-state index in [0.717, 1.165) is 30.6 Å². The number of carbonyl (C=O) groups is 1. The van der Waals surface area contributed by atoms with Crippen LogP contribution in [0, 0.1) is 0 Å². The van der Waals surface area contributed by atoms with Gasteiger partial charge >= 0.3 is 0 Å². The van der Waals surface area contributed by atoms with E-state index in [9.17, 15) is 13.2 Å². The number of thiophene rings is 1. The third kappa shape index (κ3) is 6.00. The molecule has 1 fully saturated rings. The Kier molecular flexibility index (Phi) is 8.66. The van der Waals surface area contributed by atoms with Gasteiger partial charge in [0.25, 0.3) is 10.0 Å². The van der Waals surface area contributed by atoms with Gasteiger partial charge in [-0.2, -0.15) is 4.31 Å². The van der Waals surface area contributed by atoms with Crippen LogP contribution in [0.4, 0.5) is 0 Å². The fourth-order valence-electron chi connectivity index (χ4n) is 2.48. The van der Waals surface area contributed by atoms with Gasteiger partial charge in [-0.15, -0.1) is 23.7 Å². The van der Waals surface area contributed by atoms with Gasteiger partial charge in [-0.3, -0.25) is 4.79 Å². The Bertz CT molecular complexity index is 626. The first kappa shape index (κ1) is 21.4. The molecule has 0 aromatic carbocycles. The number of sulfonamides is 1. The Balaban J connectivity index is 0.00000288. The lowest BCUT2D eigenvalue weighted by Gasteiger charge is -2.25. The van der Waals surface area contributed by atoms with E-state index >= 15 is 0 Å². The maximum absolute atomic E-state index is 12.6. The third-order valence-electron chi connectivity index (χ3n) is 3.80. The molecule has 1 aliphatic heterocycles. The van der Waals surface area contributed by atoms with E-state index in [2.05, 4.69) is 5.32 Å². The molecule has 1 aliphatic rings. The van der Waals surface area contributed by atoms with Gasteiger partial charge in [-0.05, 0) is 38.3 Å². The van der Waals surface area contributed by atoms with E-state index in [0.29, 0.717) is 23.8 Å². The highest BCUT2D eigenvalue weighted by Gasteiger charge is 2.27. The molecule has 1 aromatic heterocycles. The molecule has 1 aromatic rings. The monoisotopic (exact) mass is 395 g/mol. The van der Waals surface area contributed by atoms with Crippen molar-refractivity contribution in [3.8, 4) is 0 Å². The Morgan fingerprint density at radius 1 is 1.33 bits per heavy atom. The Labute approximate surface area is 154 Å². The molecule has 1 unspecified atom stereocenters. The molecule has 138 valence electrons. The van der Waals surface area contributed by atoms with Gasteiger partial charge < -0.3 is 11.1 Å². The minimum absolute atomic E-state index is 0. The number of nitrogens with one attached hydrogen (secondary N) is 1. The van der Waals surface area contributed by atoms with Crippen molar-refractivity contribution >= 4 is 39.7 Å². The zero-order valence-corrected chi connectivity index (χ0v) is 16.3. The quantitative estimate of drug-likeness (QED) is 0.735. The molecule has 6 nitrogen and oxygen atoms in total. The summed E-state index contributed by atoms with van der Waals surface area (Å²) in [4.78, 5) is 12.6. The standard InChI is InChI=1S/C15H25N3O3S2.ClH/c1-12(16)7-8-17-14(19)11-13-5-6-15(22-13)23(20,21)18-9-3-2-4-10-18;/h5-6,12H,2-4,7-11,16H2,1H3,(H,17,19);1H. The second-order valence-corrected chi connectivity index (χ2v) is 9.31. The number of piperidine rings is 1. The predicted molar refractivity (Wildman–Crippen MR) is 99.2 cm³/mol. The average Bonchev–Trinajstić information content (AvgIpc) is 2.97. The molecule has 0 radical (unpaired) electrons. The maximum Gasteiger partial charge on any atom is 0.252 e. The number of hydrogen-bond donors (Lipinski definition) is 2. The van der Waals surface area contributed by atoms with Crippen molar-refractivity contribution in [2.75, 3.05) is 19.6 Å². The van der Waals surface area contributed by atoms with E-state index in [-0.39, 0.29) is 30.8 Å². The molecule has 24 heavy (non-hydrogen) atoms. The molecule has 0 spiro atoms. The first-order chi connectivity index (χ1) is 10.9. The summed E-state index contributed by atoms with van der Waals surface area (Å²) in [7, 11) is -3.40. The summed E-state index contributed by atoms with van der Waals surface area (Å²) in [5.74, 6) is -0.102. The summed E-state index contributed by atoms with van der Waals surface area (Å²) < 4.78 is 27.0. The molecular weight excluding hydrogens is 370 g/mol. The predicted octanol–water partition coefficient (Wildman–Crippen LogP) is 1.74. The van der Waals surface area contributed by atoms with Crippen LogP contribution in [0.1, 0.15) is 37.5 Å². The van der Waals surface area contributed by atoms with Crippen molar-refractivity contribution in [2.24, 2.45) is 5.73 Å². The number of carbonyl (C=O) groups excluding carboxylic acids is 1. The van der Waals surface area contributed by atoms with Crippen LogP contribution in [-0.2, 0) is 21.2 Å². The molecule has 1 saturated heterocycles. The molecule has 0 bridgehead atoms. The highest BCUT2D eigenvalue weighted by Crippen LogP contribution is 2.27. The van der Waals surface area contributed by atoms with Crippen LogP contribution in [0.3, 0.4) is 0 Å². The van der Waals surface area contributed by atoms with E-state index < -0.39 is 10.0 Å². The van der Waals surface area contributed by atoms with Gasteiger partial charge in [0.1, 0.15) is 4.21 Å². The van der Waals surface area contributed by atoms with Gasteiger partial charge in [0, 0.05) is 30.6 Å². The lowest BCUT2D eigenvalue weighted by Crippen LogP contribution is -2.35. The summed E-state index contributed by atoms with van der Waals surface area (Å²) in [6.45, 7) is 3.62. The van der Waals surface area contributed by atoms with Crippen LogP contribution in [-0.4, -0.2) is 44.3 Å². The van der Waals surface area contributed by atoms with Crippen molar-refractivity contribution in [3.63, 3.8) is 0 Å². The minimum Gasteiger partial charge on any atom is -0.356 e. The van der Waals surface area contributed by atoms with Crippen molar-refractivity contribution in [1.82, 2.24) is 9.62 Å². The number of amides is 1. The smallest absolute Gasteiger partial charge is 0.252 e. The topological polar surface area (TPSA) is 92.5 Å². The third-order valence-corrected chi connectivity index (χ3v) is 7.25. The molecule has 0 saturated carbocycles. The maximum atomic E-state index is 12.6. The summed E-state index contributed by atoms with van der Waals surface area (Å²) in [6.07, 6.45) is 3.85. The van der Waals surface area contributed by atoms with Crippen LogP contribution >= 0.6 is 23.7 Å². The van der Waals surface area contributed by atoms with Crippen LogP contribution in [0.5, 0.6) is 0 Å². The molecular formula is C15H26ClN3O3S2. The summed E-state index contributed by atoms with van der Waals surface area (Å²) in [5, 5.41) is 2.80. The largest absolute Gasteiger partial charge is 0.356 e. The second kappa shape index (κ2) is 9.72. The number of nitrogens with zero attached hydrogens (tertiary/aromatic N) is 1. The van der Waals surface area contributed by atoms with Gasteiger partial charge in [0.2, 0.25) is 5.91 Å². The van der Waals surface area contributed by atoms with Gasteiger partial charge in [-0.25, -0.2) is 8.42 Å². The summed E-state index contributed by atoms with van der Waals surface area (Å²) in [6, 6.07) is 3.39. The fourth-order valence-corrected chi connectivity index (χ4v) is 5.51. The van der Waals surface area contributed by atoms with Gasteiger partial charge in [-0.1, -0.05) is 6.42 Å². The van der Waals surface area contributed by atoms with E-state index in [1.54, 1.807) is 16.4 Å². The first-order valence-electron chi connectivity index (χ1n) is 8.01. The fraction of sp³-hybridized carbons (Fsp3) is 0.667. The van der Waals surface area contributed by atoms with Crippen LogP contribution in [0.2, 0.25) is 0 Å². The highest BCUT2D eigenvalue weighted by atomic mass is 35.5. The molecule has 1 amide bonds. The van der Waals surface area contributed by atoms with E-state index in [1.807, 2.05) is 6.92 Å². The van der Waals surface area contributed by atoms with Gasteiger partial charge in [0.05, 0.1) is 6.42 Å². The van der Waals surface area contributed by atoms with Crippen molar-refractivity contribution in [1.29, 1.82) is 0 Å². The van der Waals surface area contributed by atoms with Crippen LogP contribution in [0.15, 0.2) is 16.3 Å². The zero-order chi connectivity index (χ0) is 16.9. The zero-order valence-electron chi connectivity index (χ0n) is 13.9. The molecule has 0 aliphatic carbocycles. The Morgan fingerprint density at radius 3 is 2.62 bits per heavy atom. The molecule has 1 atom stereocenters. The minimum atomic E-state index is -3.40.